The van der Waals surface area contributed by atoms with E-state index >= 15 is 0 Å². The van der Waals surface area contributed by atoms with Crippen molar-refractivity contribution in [1.82, 2.24) is 10.7 Å². The minimum absolute atomic E-state index is 0.119. The highest BCUT2D eigenvalue weighted by Crippen LogP contribution is 2.32. The summed E-state index contributed by atoms with van der Waals surface area (Å²) in [5.74, 6) is 1.31. The van der Waals surface area contributed by atoms with Gasteiger partial charge in [-0.25, -0.2) is 5.43 Å². The smallest absolute Gasteiger partial charge is 0.259 e. The van der Waals surface area contributed by atoms with Crippen LogP contribution in [0.4, 0.5) is 0 Å². The fraction of sp³-hybridized carbons (Fsp3) is 0.160. The van der Waals surface area contributed by atoms with E-state index < -0.39 is 11.8 Å². The van der Waals surface area contributed by atoms with E-state index in [1.807, 2.05) is 24.3 Å². The van der Waals surface area contributed by atoms with Gasteiger partial charge in [-0.15, -0.1) is 0 Å². The van der Waals surface area contributed by atoms with Crippen LogP contribution in [0.2, 0.25) is 0 Å². The van der Waals surface area contributed by atoms with Gasteiger partial charge in [-0.1, -0.05) is 28.1 Å². The van der Waals surface area contributed by atoms with E-state index in [9.17, 15) is 9.59 Å². The zero-order valence-electron chi connectivity index (χ0n) is 18.7. The molecule has 0 saturated carbocycles. The summed E-state index contributed by atoms with van der Waals surface area (Å²) < 4.78 is 22.7. The van der Waals surface area contributed by atoms with Gasteiger partial charge in [0.25, 0.3) is 11.8 Å². The molecule has 0 spiro atoms. The molecule has 0 atom stereocenters. The van der Waals surface area contributed by atoms with E-state index in [0.29, 0.717) is 40.7 Å². The highest BCUT2D eigenvalue weighted by molar-refractivity contribution is 9.10. The number of benzene rings is 3. The molecule has 3 aromatic rings. The molecule has 3 aromatic carbocycles. The standard InChI is InChI=1S/C25H22BrN3O6/c1-32-22-10-17(4-8-20(22)33-14-16-2-6-19(26)7-3-16)12-28-29-24(30)13-27-25(31)18-5-9-21-23(11-18)35-15-34-21/h2-12H,13-15H2,1H3,(H,27,31)(H,29,30)/b28-12+. The molecule has 1 aliphatic rings. The monoisotopic (exact) mass is 539 g/mol. The van der Waals surface area contributed by atoms with Crippen LogP contribution in [-0.4, -0.2) is 38.5 Å². The Morgan fingerprint density at radius 2 is 1.83 bits per heavy atom. The van der Waals surface area contributed by atoms with Crippen molar-refractivity contribution in [3.8, 4) is 23.0 Å². The van der Waals surface area contributed by atoms with Gasteiger partial charge in [0.2, 0.25) is 6.79 Å². The van der Waals surface area contributed by atoms with Crippen LogP contribution in [0.3, 0.4) is 0 Å². The molecular weight excluding hydrogens is 518 g/mol. The molecule has 35 heavy (non-hydrogen) atoms. The number of nitrogens with zero attached hydrogens (tertiary/aromatic N) is 1. The molecule has 180 valence electrons. The maximum atomic E-state index is 12.3. The molecule has 10 heteroatoms. The largest absolute Gasteiger partial charge is 0.493 e. The van der Waals surface area contributed by atoms with Gasteiger partial charge >= 0.3 is 0 Å². The van der Waals surface area contributed by atoms with E-state index in [-0.39, 0.29) is 13.3 Å². The van der Waals surface area contributed by atoms with Gasteiger partial charge in [-0.2, -0.15) is 5.10 Å². The number of halogens is 1. The first-order valence-corrected chi connectivity index (χ1v) is 11.4. The molecule has 4 rings (SSSR count). The van der Waals surface area contributed by atoms with Gasteiger partial charge < -0.3 is 24.3 Å². The van der Waals surface area contributed by atoms with Crippen molar-refractivity contribution >= 4 is 34.0 Å². The Morgan fingerprint density at radius 3 is 2.63 bits per heavy atom. The topological polar surface area (TPSA) is 107 Å². The maximum Gasteiger partial charge on any atom is 0.259 e. The summed E-state index contributed by atoms with van der Waals surface area (Å²) in [6, 6.07) is 17.9. The molecule has 0 bridgehead atoms. The minimum atomic E-state index is -0.475. The first-order chi connectivity index (χ1) is 17.0. The number of methoxy groups -OCH3 is 1. The number of hydrazone groups is 1. The highest BCUT2D eigenvalue weighted by atomic mass is 79.9. The Kier molecular flexibility index (Phi) is 7.84. The number of nitrogens with one attached hydrogen (secondary N) is 2. The molecule has 0 unspecified atom stereocenters. The van der Waals surface area contributed by atoms with E-state index in [4.69, 9.17) is 18.9 Å². The van der Waals surface area contributed by atoms with Crippen LogP contribution in [0.25, 0.3) is 0 Å². The fourth-order valence-electron chi connectivity index (χ4n) is 3.14. The molecule has 9 nitrogen and oxygen atoms in total. The van der Waals surface area contributed by atoms with Crippen molar-refractivity contribution < 1.29 is 28.5 Å². The van der Waals surface area contributed by atoms with E-state index in [1.165, 1.54) is 6.21 Å². The number of hydrogen-bond acceptors (Lipinski definition) is 7. The first kappa shape index (κ1) is 24.1. The molecule has 0 saturated heterocycles. The lowest BCUT2D eigenvalue weighted by Gasteiger charge is -2.11. The summed E-state index contributed by atoms with van der Waals surface area (Å²) in [4.78, 5) is 24.3. The Labute approximate surface area is 210 Å². The number of ether oxygens (including phenoxy) is 4. The summed E-state index contributed by atoms with van der Waals surface area (Å²) in [5.41, 5.74) is 4.46. The van der Waals surface area contributed by atoms with Crippen LogP contribution < -0.4 is 29.7 Å². The zero-order chi connectivity index (χ0) is 24.6. The lowest BCUT2D eigenvalue weighted by molar-refractivity contribution is -0.120. The first-order valence-electron chi connectivity index (χ1n) is 10.6. The van der Waals surface area contributed by atoms with Crippen LogP contribution in [0.1, 0.15) is 21.5 Å². The average molecular weight is 540 g/mol. The Hall–Kier alpha value is -4.05. The van der Waals surface area contributed by atoms with Crippen molar-refractivity contribution in [2.75, 3.05) is 20.4 Å². The van der Waals surface area contributed by atoms with Crippen LogP contribution >= 0.6 is 15.9 Å². The van der Waals surface area contributed by atoms with Crippen LogP contribution in [0.5, 0.6) is 23.0 Å². The average Bonchev–Trinajstić information content (AvgIpc) is 3.35. The number of carbonyl (C=O) groups is 2. The number of hydrogen-bond donors (Lipinski definition) is 2. The predicted octanol–water partition coefficient (Wildman–Crippen LogP) is 3.65. The molecule has 0 fully saturated rings. The summed E-state index contributed by atoms with van der Waals surface area (Å²) >= 11 is 3.41. The molecule has 2 N–H and O–H groups in total. The highest BCUT2D eigenvalue weighted by Gasteiger charge is 2.16. The summed E-state index contributed by atoms with van der Waals surface area (Å²) in [7, 11) is 1.55. The van der Waals surface area contributed by atoms with Crippen LogP contribution in [-0.2, 0) is 11.4 Å². The van der Waals surface area contributed by atoms with Gasteiger partial charge in [-0.3, -0.25) is 9.59 Å². The molecule has 1 heterocycles. The quantitative estimate of drug-likeness (QED) is 0.317. The molecular formula is C25H22BrN3O6. The molecule has 1 aliphatic heterocycles. The third kappa shape index (κ3) is 6.51. The van der Waals surface area contributed by atoms with E-state index in [0.717, 1.165) is 10.0 Å². The van der Waals surface area contributed by atoms with Crippen LogP contribution in [0.15, 0.2) is 70.2 Å². The number of amides is 2. The molecule has 0 radical (unpaired) electrons. The molecule has 0 aliphatic carbocycles. The fourth-order valence-corrected chi connectivity index (χ4v) is 3.41. The normalized spacial score (nSPS) is 11.8. The predicted molar refractivity (Wildman–Crippen MR) is 132 cm³/mol. The zero-order valence-corrected chi connectivity index (χ0v) is 20.3. The minimum Gasteiger partial charge on any atom is -0.493 e. The van der Waals surface area contributed by atoms with Crippen molar-refractivity contribution in [2.45, 2.75) is 6.61 Å². The van der Waals surface area contributed by atoms with Crippen molar-refractivity contribution in [3.05, 3.63) is 81.8 Å². The second kappa shape index (κ2) is 11.4. The number of rotatable bonds is 9. The molecule has 2 amide bonds. The van der Waals surface area contributed by atoms with Gasteiger partial charge in [-0.05, 0) is 59.7 Å². The van der Waals surface area contributed by atoms with Crippen molar-refractivity contribution in [3.63, 3.8) is 0 Å². The Bertz CT molecular complexity index is 1250. The van der Waals surface area contributed by atoms with Gasteiger partial charge in [0.1, 0.15) is 6.61 Å². The SMILES string of the molecule is COc1cc(/C=N/NC(=O)CNC(=O)c2ccc3c(c2)OCO3)ccc1OCc1ccc(Br)cc1. The maximum absolute atomic E-state index is 12.3. The summed E-state index contributed by atoms with van der Waals surface area (Å²) in [5, 5.41) is 6.47. The van der Waals surface area contributed by atoms with E-state index in [1.54, 1.807) is 43.5 Å². The third-order valence-corrected chi connectivity index (χ3v) is 5.47. The lowest BCUT2D eigenvalue weighted by atomic mass is 10.2. The lowest BCUT2D eigenvalue weighted by Crippen LogP contribution is -2.34. The van der Waals surface area contributed by atoms with Crippen molar-refractivity contribution in [2.24, 2.45) is 5.10 Å². The van der Waals surface area contributed by atoms with Gasteiger partial charge in [0.15, 0.2) is 23.0 Å². The summed E-state index contributed by atoms with van der Waals surface area (Å²) in [6.45, 7) is 0.274. The van der Waals surface area contributed by atoms with Crippen LogP contribution in [0, 0.1) is 0 Å². The number of fused-ring (bicyclic) bond motifs is 1. The Balaban J connectivity index is 1.26. The Morgan fingerprint density at radius 1 is 1.03 bits per heavy atom. The third-order valence-electron chi connectivity index (χ3n) is 4.94. The second-order valence-corrected chi connectivity index (χ2v) is 8.29. The van der Waals surface area contributed by atoms with E-state index in [2.05, 4.69) is 31.8 Å². The summed E-state index contributed by atoms with van der Waals surface area (Å²) in [6.07, 6.45) is 1.47. The number of carbonyl (C=O) groups excluding carboxylic acids is 2. The molecule has 0 aromatic heterocycles. The second-order valence-electron chi connectivity index (χ2n) is 7.37. The van der Waals surface area contributed by atoms with Crippen molar-refractivity contribution in [1.29, 1.82) is 0 Å². The van der Waals surface area contributed by atoms with Gasteiger partial charge in [0, 0.05) is 10.0 Å². The van der Waals surface area contributed by atoms with Gasteiger partial charge in [0.05, 0.1) is 19.9 Å².